The highest BCUT2D eigenvalue weighted by Gasteiger charge is 2.38. The van der Waals surface area contributed by atoms with Gasteiger partial charge in [-0.2, -0.15) is 0 Å². The minimum atomic E-state index is -0.396. The molecule has 0 bridgehead atoms. The lowest BCUT2D eigenvalue weighted by molar-refractivity contribution is -0.141. The van der Waals surface area contributed by atoms with Crippen molar-refractivity contribution in [3.05, 3.63) is 0 Å². The second-order valence-electron chi connectivity index (χ2n) is 4.01. The average Bonchev–Trinajstić information content (AvgIpc) is 2.56. The first-order chi connectivity index (χ1) is 6.09. The van der Waals surface area contributed by atoms with E-state index < -0.39 is 5.41 Å². The first-order valence-corrected chi connectivity index (χ1v) is 4.66. The van der Waals surface area contributed by atoms with E-state index in [4.69, 9.17) is 0 Å². The van der Waals surface area contributed by atoms with E-state index in [1.165, 1.54) is 7.11 Å². The summed E-state index contributed by atoms with van der Waals surface area (Å²) in [6.07, 6.45) is 2.21. The van der Waals surface area contributed by atoms with Crippen LogP contribution in [0.3, 0.4) is 0 Å². The molecule has 0 unspecified atom stereocenters. The van der Waals surface area contributed by atoms with Gasteiger partial charge in [0.1, 0.15) is 0 Å². The lowest BCUT2D eigenvalue weighted by Crippen LogP contribution is -2.48. The fourth-order valence-corrected chi connectivity index (χ4v) is 1.68. The van der Waals surface area contributed by atoms with Gasteiger partial charge in [0.2, 0.25) is 0 Å². The second kappa shape index (κ2) is 4.07. The summed E-state index contributed by atoms with van der Waals surface area (Å²) in [5.74, 6) is -0.0607. The van der Waals surface area contributed by atoms with Crippen molar-refractivity contribution in [1.82, 2.24) is 10.8 Å². The molecule has 1 heterocycles. The van der Waals surface area contributed by atoms with Crippen LogP contribution in [0.15, 0.2) is 0 Å². The number of hydroxylamine groups is 1. The summed E-state index contributed by atoms with van der Waals surface area (Å²) in [5, 5.41) is 3.32. The molecular formula is C9H18N2O2. The molecule has 0 aromatic carbocycles. The maximum atomic E-state index is 11.6. The minimum Gasteiger partial charge on any atom is -0.313 e. The highest BCUT2D eigenvalue weighted by molar-refractivity contribution is 5.81. The average molecular weight is 186 g/mol. The third kappa shape index (κ3) is 2.19. The molecule has 0 aromatic rings. The van der Waals surface area contributed by atoms with Gasteiger partial charge >= 0.3 is 0 Å². The smallest absolute Gasteiger partial charge is 0.250 e. The number of carbonyl (C=O) groups is 1. The van der Waals surface area contributed by atoms with Crippen LogP contribution in [0, 0.1) is 5.41 Å². The summed E-state index contributed by atoms with van der Waals surface area (Å²) < 4.78 is 0. The maximum absolute atomic E-state index is 11.6. The van der Waals surface area contributed by atoms with Gasteiger partial charge in [0.25, 0.3) is 5.91 Å². The molecule has 0 aliphatic carbocycles. The topological polar surface area (TPSA) is 50.4 Å². The lowest BCUT2D eigenvalue weighted by atomic mass is 9.83. The van der Waals surface area contributed by atoms with Crippen LogP contribution in [0.5, 0.6) is 0 Å². The van der Waals surface area contributed by atoms with Crippen molar-refractivity contribution in [2.75, 3.05) is 13.7 Å². The predicted molar refractivity (Wildman–Crippen MR) is 50.0 cm³/mol. The van der Waals surface area contributed by atoms with E-state index in [0.717, 1.165) is 19.4 Å². The number of carbonyl (C=O) groups excluding carboxylic acids is 1. The van der Waals surface area contributed by atoms with Crippen molar-refractivity contribution in [1.29, 1.82) is 0 Å². The molecule has 1 atom stereocenters. The van der Waals surface area contributed by atoms with E-state index in [1.807, 2.05) is 13.8 Å². The first-order valence-electron chi connectivity index (χ1n) is 4.66. The molecular weight excluding hydrogens is 168 g/mol. The van der Waals surface area contributed by atoms with Crippen molar-refractivity contribution in [3.63, 3.8) is 0 Å². The number of amides is 1. The van der Waals surface area contributed by atoms with Crippen LogP contribution in [0.1, 0.15) is 26.7 Å². The Morgan fingerprint density at radius 3 is 2.77 bits per heavy atom. The van der Waals surface area contributed by atoms with Crippen molar-refractivity contribution in [2.45, 2.75) is 32.7 Å². The van der Waals surface area contributed by atoms with Gasteiger partial charge in [-0.3, -0.25) is 9.63 Å². The third-order valence-electron chi connectivity index (χ3n) is 2.71. The van der Waals surface area contributed by atoms with Crippen LogP contribution in [-0.2, 0) is 9.63 Å². The molecule has 0 radical (unpaired) electrons. The van der Waals surface area contributed by atoms with Crippen LogP contribution < -0.4 is 10.8 Å². The van der Waals surface area contributed by atoms with Crippen LogP contribution in [0.2, 0.25) is 0 Å². The molecule has 4 heteroatoms. The monoisotopic (exact) mass is 186 g/mol. The van der Waals surface area contributed by atoms with Crippen LogP contribution in [-0.4, -0.2) is 25.6 Å². The van der Waals surface area contributed by atoms with Crippen molar-refractivity contribution in [2.24, 2.45) is 5.41 Å². The standard InChI is InChI=1S/C9H18N2O2/c1-9(2,8(12)11-13-3)7-5-4-6-10-7/h7,10H,4-6H2,1-3H3,(H,11,12)/t7-/m0/s1. The fraction of sp³-hybridized carbons (Fsp3) is 0.889. The Kier molecular flexibility index (Phi) is 3.27. The van der Waals surface area contributed by atoms with Gasteiger partial charge < -0.3 is 5.32 Å². The molecule has 2 N–H and O–H groups in total. The first kappa shape index (κ1) is 10.5. The maximum Gasteiger partial charge on any atom is 0.250 e. The van der Waals surface area contributed by atoms with E-state index in [0.29, 0.717) is 0 Å². The molecule has 0 saturated carbocycles. The number of hydrogen-bond donors (Lipinski definition) is 2. The summed E-state index contributed by atoms with van der Waals surface area (Å²) in [6.45, 7) is 4.88. The van der Waals surface area contributed by atoms with Gasteiger partial charge in [0, 0.05) is 6.04 Å². The zero-order valence-electron chi connectivity index (χ0n) is 8.52. The number of hydrogen-bond acceptors (Lipinski definition) is 3. The van der Waals surface area contributed by atoms with Crippen molar-refractivity contribution >= 4 is 5.91 Å². The Morgan fingerprint density at radius 2 is 2.31 bits per heavy atom. The van der Waals surface area contributed by atoms with E-state index in [-0.39, 0.29) is 11.9 Å². The molecule has 1 aliphatic rings. The SMILES string of the molecule is CONC(=O)C(C)(C)[C@@H]1CCCN1. The molecule has 0 aromatic heterocycles. The van der Waals surface area contributed by atoms with Crippen molar-refractivity contribution < 1.29 is 9.63 Å². The molecule has 1 saturated heterocycles. The van der Waals surface area contributed by atoms with E-state index >= 15 is 0 Å². The lowest BCUT2D eigenvalue weighted by Gasteiger charge is -2.29. The highest BCUT2D eigenvalue weighted by Crippen LogP contribution is 2.27. The van der Waals surface area contributed by atoms with Gasteiger partial charge in [-0.25, -0.2) is 5.48 Å². The van der Waals surface area contributed by atoms with Gasteiger partial charge in [-0.15, -0.1) is 0 Å². The Morgan fingerprint density at radius 1 is 1.62 bits per heavy atom. The Bertz CT molecular complexity index is 186. The van der Waals surface area contributed by atoms with Gasteiger partial charge in [-0.1, -0.05) is 0 Å². The molecule has 1 rings (SSSR count). The van der Waals surface area contributed by atoms with Crippen LogP contribution in [0.4, 0.5) is 0 Å². The summed E-state index contributed by atoms with van der Waals surface area (Å²) >= 11 is 0. The largest absolute Gasteiger partial charge is 0.313 e. The van der Waals surface area contributed by atoms with Crippen molar-refractivity contribution in [3.8, 4) is 0 Å². The normalized spacial score (nSPS) is 23.2. The van der Waals surface area contributed by atoms with E-state index in [9.17, 15) is 4.79 Å². The van der Waals surface area contributed by atoms with E-state index in [2.05, 4.69) is 15.6 Å². The quantitative estimate of drug-likeness (QED) is 0.629. The number of nitrogens with one attached hydrogen (secondary N) is 2. The van der Waals surface area contributed by atoms with Gasteiger partial charge in [0.15, 0.2) is 0 Å². The van der Waals surface area contributed by atoms with Gasteiger partial charge in [-0.05, 0) is 33.2 Å². The highest BCUT2D eigenvalue weighted by atomic mass is 16.6. The Hall–Kier alpha value is -0.610. The van der Waals surface area contributed by atoms with E-state index in [1.54, 1.807) is 0 Å². The molecule has 1 amide bonds. The molecule has 1 aliphatic heterocycles. The molecule has 1 fully saturated rings. The second-order valence-corrected chi connectivity index (χ2v) is 4.01. The summed E-state index contributed by atoms with van der Waals surface area (Å²) in [6, 6.07) is 0.266. The summed E-state index contributed by atoms with van der Waals surface area (Å²) in [5.41, 5.74) is 1.99. The zero-order valence-corrected chi connectivity index (χ0v) is 8.52. The van der Waals surface area contributed by atoms with Crippen LogP contribution in [0.25, 0.3) is 0 Å². The predicted octanol–water partition coefficient (Wildman–Crippen LogP) is 0.442. The molecule has 0 spiro atoms. The minimum absolute atomic E-state index is 0.0607. The molecule has 4 nitrogen and oxygen atoms in total. The molecule has 76 valence electrons. The van der Waals surface area contributed by atoms with Crippen LogP contribution >= 0.6 is 0 Å². The number of rotatable bonds is 3. The zero-order chi connectivity index (χ0) is 9.90. The fourth-order valence-electron chi connectivity index (χ4n) is 1.68. The van der Waals surface area contributed by atoms with Gasteiger partial charge in [0.05, 0.1) is 12.5 Å². The third-order valence-corrected chi connectivity index (χ3v) is 2.71. The Balaban J connectivity index is 2.57. The summed E-state index contributed by atoms with van der Waals surface area (Å²) in [7, 11) is 1.45. The summed E-state index contributed by atoms with van der Waals surface area (Å²) in [4.78, 5) is 16.2. The molecule has 13 heavy (non-hydrogen) atoms. The Labute approximate surface area is 79.0 Å².